The molecule has 4 rings (SSSR count). The number of rotatable bonds is 2. The van der Waals surface area contributed by atoms with Crippen molar-refractivity contribution in [3.8, 4) is 0 Å². The Morgan fingerprint density at radius 1 is 1.20 bits per heavy atom. The second kappa shape index (κ2) is 8.05. The smallest absolute Gasteiger partial charge is 0.407 e. The highest BCUT2D eigenvalue weighted by Crippen LogP contribution is 2.46. The van der Waals surface area contributed by atoms with Crippen LogP contribution in [0.1, 0.15) is 44.7 Å². The molecule has 3 aliphatic rings. The Bertz CT molecular complexity index is 837. The quantitative estimate of drug-likeness (QED) is 0.724. The third-order valence-electron chi connectivity index (χ3n) is 6.45. The molecule has 1 N–H and O–H groups in total. The number of benzene rings is 1. The molecule has 1 spiro atoms. The van der Waals surface area contributed by atoms with E-state index in [0.717, 1.165) is 49.7 Å². The third-order valence-corrected chi connectivity index (χ3v) is 7.84. The average molecular weight is 434 g/mol. The van der Waals surface area contributed by atoms with E-state index in [1.165, 1.54) is 10.5 Å². The van der Waals surface area contributed by atoms with Gasteiger partial charge in [-0.2, -0.15) is 0 Å². The number of carboxylic acid groups (broad SMARTS) is 1. The van der Waals surface area contributed by atoms with Gasteiger partial charge in [-0.05, 0) is 57.7 Å². The van der Waals surface area contributed by atoms with Crippen molar-refractivity contribution in [2.24, 2.45) is 9.81 Å². The largest absolute Gasteiger partial charge is 0.591 e. The molecule has 8 heteroatoms. The van der Waals surface area contributed by atoms with Gasteiger partial charge in [-0.15, -0.1) is 0 Å². The maximum absolute atomic E-state index is 13.0. The lowest BCUT2D eigenvalue weighted by molar-refractivity contribution is 0.115. The van der Waals surface area contributed by atoms with E-state index < -0.39 is 22.2 Å². The minimum Gasteiger partial charge on any atom is -0.591 e. The van der Waals surface area contributed by atoms with Gasteiger partial charge in [0.1, 0.15) is 21.8 Å². The average Bonchev–Trinajstić information content (AvgIpc) is 3.00. The van der Waals surface area contributed by atoms with Crippen LogP contribution in [0.5, 0.6) is 0 Å². The number of amides is 1. The molecule has 30 heavy (non-hydrogen) atoms. The van der Waals surface area contributed by atoms with Gasteiger partial charge in [-0.1, -0.05) is 10.5 Å². The summed E-state index contributed by atoms with van der Waals surface area (Å²) in [6, 6.07) is 6.53. The van der Waals surface area contributed by atoms with E-state index in [4.69, 9.17) is 9.13 Å². The zero-order valence-electron chi connectivity index (χ0n) is 18.0. The number of carbonyl (C=O) groups is 1. The molecule has 2 aliphatic heterocycles. The van der Waals surface area contributed by atoms with Crippen molar-refractivity contribution < 1.29 is 19.2 Å². The van der Waals surface area contributed by atoms with Gasteiger partial charge in [-0.3, -0.25) is 0 Å². The molecule has 0 radical (unpaired) electrons. The van der Waals surface area contributed by atoms with Crippen LogP contribution in [0.15, 0.2) is 22.6 Å². The van der Waals surface area contributed by atoms with E-state index in [1.807, 2.05) is 20.8 Å². The van der Waals surface area contributed by atoms with E-state index in [2.05, 4.69) is 23.1 Å². The fourth-order valence-corrected chi connectivity index (χ4v) is 5.33. The summed E-state index contributed by atoms with van der Waals surface area (Å²) in [5.41, 5.74) is 4.12. The Morgan fingerprint density at radius 3 is 2.47 bits per heavy atom. The summed E-state index contributed by atoms with van der Waals surface area (Å²) in [6.45, 7) is 9.95. The van der Waals surface area contributed by atoms with Crippen molar-refractivity contribution >= 4 is 28.9 Å². The van der Waals surface area contributed by atoms with Crippen molar-refractivity contribution in [2.75, 3.05) is 44.3 Å². The molecule has 164 valence electrons. The van der Waals surface area contributed by atoms with Crippen LogP contribution in [-0.2, 0) is 22.5 Å². The molecule has 2 saturated heterocycles. The van der Waals surface area contributed by atoms with Crippen LogP contribution in [0, 0.1) is 5.41 Å². The number of nitrogens with zero attached hydrogens (tertiary/aromatic N) is 3. The number of ether oxygens (including phenoxy) is 1. The molecule has 0 saturated carbocycles. The minimum absolute atomic E-state index is 0.237. The Balaban J connectivity index is 1.71. The second-order valence-corrected chi connectivity index (χ2v) is 11.4. The predicted molar refractivity (Wildman–Crippen MR) is 119 cm³/mol. The first-order valence-electron chi connectivity index (χ1n) is 10.6. The van der Waals surface area contributed by atoms with Crippen LogP contribution in [0.25, 0.3) is 0 Å². The zero-order chi connectivity index (χ0) is 21.5. The standard InChI is InChI=1S/C22H31N3O4S/c1-21(2,3)30(28)23-19-18-14-17(24-10-12-29-13-11-24)5-4-16(18)15-22(19)6-8-25(9-7-22)20(26)27/h4-5,14H,6-13,15H2,1-3H3,(H,26,27)/b23-19+. The van der Waals surface area contributed by atoms with E-state index in [-0.39, 0.29) is 5.41 Å². The number of likely N-dealkylation sites (tertiary alicyclic amines) is 1. The SMILES string of the molecule is CC(C)(C)[S+]([O-])/N=C1\c2cc(N3CCOCC3)ccc2CC12CCN(C(=O)O)CC2. The first kappa shape index (κ1) is 21.5. The van der Waals surface area contributed by atoms with Gasteiger partial charge < -0.3 is 24.2 Å². The van der Waals surface area contributed by atoms with Gasteiger partial charge in [0.25, 0.3) is 0 Å². The molecule has 1 aromatic carbocycles. The van der Waals surface area contributed by atoms with Gasteiger partial charge >= 0.3 is 6.09 Å². The lowest BCUT2D eigenvalue weighted by Crippen LogP contribution is -2.45. The van der Waals surface area contributed by atoms with E-state index >= 15 is 0 Å². The fourth-order valence-electron chi connectivity index (χ4n) is 4.60. The summed E-state index contributed by atoms with van der Waals surface area (Å²) in [5, 5.41) is 9.37. The van der Waals surface area contributed by atoms with Crippen LogP contribution in [0.3, 0.4) is 0 Å². The second-order valence-electron chi connectivity index (χ2n) is 9.47. The summed E-state index contributed by atoms with van der Waals surface area (Å²) in [7, 11) is 0. The Labute approximate surface area is 181 Å². The lowest BCUT2D eigenvalue weighted by atomic mass is 9.74. The van der Waals surface area contributed by atoms with Crippen LogP contribution < -0.4 is 4.90 Å². The van der Waals surface area contributed by atoms with Crippen molar-refractivity contribution in [2.45, 2.75) is 44.8 Å². The number of fused-ring (bicyclic) bond motifs is 1. The Morgan fingerprint density at radius 2 is 1.87 bits per heavy atom. The summed E-state index contributed by atoms with van der Waals surface area (Å²) >= 11 is -1.37. The van der Waals surface area contributed by atoms with Gasteiger partial charge in [0.2, 0.25) is 0 Å². The summed E-state index contributed by atoms with van der Waals surface area (Å²) in [5.74, 6) is 0. The third kappa shape index (κ3) is 4.05. The highest BCUT2D eigenvalue weighted by Gasteiger charge is 2.48. The summed E-state index contributed by atoms with van der Waals surface area (Å²) in [6.07, 6.45) is 1.38. The monoisotopic (exact) mass is 433 g/mol. The van der Waals surface area contributed by atoms with Gasteiger partial charge in [0.05, 0.1) is 13.2 Å². The van der Waals surface area contributed by atoms with Crippen molar-refractivity contribution in [1.29, 1.82) is 0 Å². The fraction of sp³-hybridized carbons (Fsp3) is 0.636. The van der Waals surface area contributed by atoms with Crippen molar-refractivity contribution in [3.05, 3.63) is 29.3 Å². The van der Waals surface area contributed by atoms with Crippen molar-refractivity contribution in [1.82, 2.24) is 4.90 Å². The maximum Gasteiger partial charge on any atom is 0.407 e. The van der Waals surface area contributed by atoms with Gasteiger partial charge in [0.15, 0.2) is 0 Å². The first-order valence-corrected chi connectivity index (χ1v) is 11.8. The van der Waals surface area contributed by atoms with Crippen LogP contribution in [0.2, 0.25) is 0 Å². The molecule has 1 aliphatic carbocycles. The summed E-state index contributed by atoms with van der Waals surface area (Å²) < 4.78 is 22.9. The molecule has 2 heterocycles. The number of hydrogen-bond acceptors (Lipinski definition) is 5. The van der Waals surface area contributed by atoms with E-state index in [1.54, 1.807) is 0 Å². The Kier molecular flexibility index (Phi) is 5.76. The Hall–Kier alpha value is -1.77. The van der Waals surface area contributed by atoms with Gasteiger partial charge in [-0.25, -0.2) is 4.79 Å². The number of piperidine rings is 1. The lowest BCUT2D eigenvalue weighted by Gasteiger charge is -2.38. The van der Waals surface area contributed by atoms with E-state index in [0.29, 0.717) is 25.9 Å². The van der Waals surface area contributed by atoms with Crippen molar-refractivity contribution in [3.63, 3.8) is 0 Å². The zero-order valence-corrected chi connectivity index (χ0v) is 18.8. The normalized spacial score (nSPS) is 23.7. The molecule has 7 nitrogen and oxygen atoms in total. The molecule has 1 amide bonds. The molecule has 0 aromatic heterocycles. The van der Waals surface area contributed by atoms with Crippen LogP contribution >= 0.6 is 0 Å². The molecular weight excluding hydrogens is 402 g/mol. The molecular formula is C22H31N3O4S. The number of hydrogen-bond donors (Lipinski definition) is 1. The van der Waals surface area contributed by atoms with Crippen LogP contribution in [-0.4, -0.2) is 70.5 Å². The molecule has 0 bridgehead atoms. The summed E-state index contributed by atoms with van der Waals surface area (Å²) in [4.78, 5) is 15.2. The molecule has 1 aromatic rings. The first-order chi connectivity index (χ1) is 14.2. The molecule has 1 unspecified atom stereocenters. The topological polar surface area (TPSA) is 88.4 Å². The predicted octanol–water partition coefficient (Wildman–Crippen LogP) is 3.09. The molecule has 1 atom stereocenters. The number of anilines is 1. The van der Waals surface area contributed by atoms with Crippen LogP contribution in [0.4, 0.5) is 10.5 Å². The molecule has 2 fully saturated rings. The highest BCUT2D eigenvalue weighted by atomic mass is 32.2. The van der Waals surface area contributed by atoms with Gasteiger partial charge in [0, 0.05) is 42.8 Å². The van der Waals surface area contributed by atoms with E-state index in [9.17, 15) is 14.5 Å². The maximum atomic E-state index is 13.0. The number of morpholine rings is 1. The highest BCUT2D eigenvalue weighted by molar-refractivity contribution is 7.91. The minimum atomic E-state index is -1.37.